The smallest absolute Gasteiger partial charge is 0.164 e. The van der Waals surface area contributed by atoms with Crippen molar-refractivity contribution in [1.29, 1.82) is 0 Å². The van der Waals surface area contributed by atoms with Crippen LogP contribution in [0.25, 0.3) is 11.4 Å². The molecule has 1 heterocycles. The average molecular weight is 278 g/mol. The van der Waals surface area contributed by atoms with Gasteiger partial charge in [0.25, 0.3) is 0 Å². The molecule has 0 amide bonds. The standard InChI is InChI=1S/C12H12BrN3/c1-8-4-9(6-10(13)5-8)12-15-14-7-16(12)11-2-3-11/h4-7,11H,2-3H2,1H3. The van der Waals surface area contributed by atoms with Gasteiger partial charge in [-0.15, -0.1) is 10.2 Å². The molecule has 16 heavy (non-hydrogen) atoms. The zero-order chi connectivity index (χ0) is 11.1. The second kappa shape index (κ2) is 3.70. The van der Waals surface area contributed by atoms with Gasteiger partial charge in [-0.1, -0.05) is 15.9 Å². The number of halogens is 1. The number of nitrogens with zero attached hydrogens (tertiary/aromatic N) is 3. The van der Waals surface area contributed by atoms with E-state index in [-0.39, 0.29) is 0 Å². The summed E-state index contributed by atoms with van der Waals surface area (Å²) in [5, 5.41) is 8.24. The summed E-state index contributed by atoms with van der Waals surface area (Å²) >= 11 is 3.52. The van der Waals surface area contributed by atoms with E-state index in [0.717, 1.165) is 15.9 Å². The number of hydrogen-bond acceptors (Lipinski definition) is 2. The van der Waals surface area contributed by atoms with Crippen molar-refractivity contribution in [1.82, 2.24) is 14.8 Å². The lowest BCUT2D eigenvalue weighted by Crippen LogP contribution is -1.96. The Hall–Kier alpha value is -1.16. The van der Waals surface area contributed by atoms with Gasteiger partial charge < -0.3 is 4.57 Å². The van der Waals surface area contributed by atoms with Gasteiger partial charge in [0.1, 0.15) is 6.33 Å². The summed E-state index contributed by atoms with van der Waals surface area (Å²) < 4.78 is 3.27. The summed E-state index contributed by atoms with van der Waals surface area (Å²) in [5.41, 5.74) is 2.37. The van der Waals surface area contributed by atoms with E-state index in [2.05, 4.69) is 55.8 Å². The van der Waals surface area contributed by atoms with Crippen molar-refractivity contribution in [2.24, 2.45) is 0 Å². The highest BCUT2D eigenvalue weighted by Gasteiger charge is 2.26. The second-order valence-electron chi connectivity index (χ2n) is 4.31. The molecule has 0 spiro atoms. The average Bonchev–Trinajstić information content (AvgIpc) is 2.94. The molecule has 82 valence electrons. The molecule has 2 aromatic rings. The fourth-order valence-corrected chi connectivity index (χ4v) is 2.54. The first kappa shape index (κ1) is 10.0. The topological polar surface area (TPSA) is 30.7 Å². The van der Waals surface area contributed by atoms with Crippen molar-refractivity contribution in [2.45, 2.75) is 25.8 Å². The molecule has 0 saturated heterocycles. The lowest BCUT2D eigenvalue weighted by Gasteiger charge is -2.06. The summed E-state index contributed by atoms with van der Waals surface area (Å²) in [6.45, 7) is 2.09. The molecule has 1 fully saturated rings. The lowest BCUT2D eigenvalue weighted by atomic mass is 10.1. The summed E-state index contributed by atoms with van der Waals surface area (Å²) in [7, 11) is 0. The molecule has 4 heteroatoms. The number of aryl methyl sites for hydroxylation is 1. The van der Waals surface area contributed by atoms with Crippen LogP contribution in [0.5, 0.6) is 0 Å². The molecule has 1 aliphatic carbocycles. The second-order valence-corrected chi connectivity index (χ2v) is 5.23. The van der Waals surface area contributed by atoms with Crippen molar-refractivity contribution in [3.8, 4) is 11.4 Å². The number of rotatable bonds is 2. The first-order chi connectivity index (χ1) is 7.74. The van der Waals surface area contributed by atoms with E-state index in [1.54, 1.807) is 0 Å². The van der Waals surface area contributed by atoms with Crippen molar-refractivity contribution >= 4 is 15.9 Å². The van der Waals surface area contributed by atoms with Crippen LogP contribution in [0, 0.1) is 6.92 Å². The minimum Gasteiger partial charge on any atom is -0.310 e. The van der Waals surface area contributed by atoms with Gasteiger partial charge in [0.2, 0.25) is 0 Å². The van der Waals surface area contributed by atoms with Gasteiger partial charge in [-0.25, -0.2) is 0 Å². The molecular weight excluding hydrogens is 266 g/mol. The van der Waals surface area contributed by atoms with Crippen LogP contribution in [-0.2, 0) is 0 Å². The number of hydrogen-bond donors (Lipinski definition) is 0. The molecule has 0 N–H and O–H groups in total. The summed E-state index contributed by atoms with van der Waals surface area (Å²) in [6, 6.07) is 6.95. The van der Waals surface area contributed by atoms with Crippen LogP contribution in [0.3, 0.4) is 0 Å². The maximum Gasteiger partial charge on any atom is 0.164 e. The molecule has 1 aromatic carbocycles. The van der Waals surface area contributed by atoms with Gasteiger partial charge in [-0.3, -0.25) is 0 Å². The molecular formula is C12H12BrN3. The van der Waals surface area contributed by atoms with E-state index >= 15 is 0 Å². The van der Waals surface area contributed by atoms with Gasteiger partial charge >= 0.3 is 0 Å². The van der Waals surface area contributed by atoms with Gasteiger partial charge in [0, 0.05) is 16.1 Å². The minimum absolute atomic E-state index is 0.615. The molecule has 0 unspecified atom stereocenters. The lowest BCUT2D eigenvalue weighted by molar-refractivity contribution is 0.746. The first-order valence-electron chi connectivity index (χ1n) is 5.41. The van der Waals surface area contributed by atoms with Crippen LogP contribution in [-0.4, -0.2) is 14.8 Å². The van der Waals surface area contributed by atoms with E-state index < -0.39 is 0 Å². The predicted octanol–water partition coefficient (Wildman–Crippen LogP) is 3.35. The molecule has 1 aromatic heterocycles. The SMILES string of the molecule is Cc1cc(Br)cc(-c2nncn2C2CC2)c1. The van der Waals surface area contributed by atoms with E-state index in [1.807, 2.05) is 6.33 Å². The summed E-state index contributed by atoms with van der Waals surface area (Å²) in [4.78, 5) is 0. The largest absolute Gasteiger partial charge is 0.310 e. The Morgan fingerprint density at radius 2 is 2.12 bits per heavy atom. The maximum atomic E-state index is 4.22. The van der Waals surface area contributed by atoms with E-state index in [9.17, 15) is 0 Å². The predicted molar refractivity (Wildman–Crippen MR) is 66.2 cm³/mol. The van der Waals surface area contributed by atoms with Gasteiger partial charge in [0.05, 0.1) is 0 Å². The third-order valence-electron chi connectivity index (χ3n) is 2.81. The third kappa shape index (κ3) is 1.78. The molecule has 0 atom stereocenters. The van der Waals surface area contributed by atoms with Crippen LogP contribution in [0.1, 0.15) is 24.4 Å². The zero-order valence-electron chi connectivity index (χ0n) is 9.02. The number of aromatic nitrogens is 3. The molecule has 1 saturated carbocycles. The highest BCUT2D eigenvalue weighted by atomic mass is 79.9. The fourth-order valence-electron chi connectivity index (χ4n) is 1.93. The highest BCUT2D eigenvalue weighted by molar-refractivity contribution is 9.10. The van der Waals surface area contributed by atoms with Crippen LogP contribution in [0.2, 0.25) is 0 Å². The van der Waals surface area contributed by atoms with Gasteiger partial charge in [-0.2, -0.15) is 0 Å². The molecule has 0 bridgehead atoms. The quantitative estimate of drug-likeness (QED) is 0.843. The van der Waals surface area contributed by atoms with Crippen LogP contribution < -0.4 is 0 Å². The van der Waals surface area contributed by atoms with Crippen LogP contribution in [0.15, 0.2) is 29.0 Å². The van der Waals surface area contributed by atoms with Crippen LogP contribution >= 0.6 is 15.9 Å². The van der Waals surface area contributed by atoms with Crippen LogP contribution in [0.4, 0.5) is 0 Å². The normalized spacial score (nSPS) is 15.4. The van der Waals surface area contributed by atoms with Crippen molar-refractivity contribution in [2.75, 3.05) is 0 Å². The van der Waals surface area contributed by atoms with E-state index in [4.69, 9.17) is 0 Å². The summed E-state index contributed by atoms with van der Waals surface area (Å²) in [5.74, 6) is 0.979. The molecule has 0 radical (unpaired) electrons. The van der Waals surface area contributed by atoms with Crippen molar-refractivity contribution in [3.05, 3.63) is 34.6 Å². The van der Waals surface area contributed by atoms with E-state index in [0.29, 0.717) is 6.04 Å². The Balaban J connectivity index is 2.10. The van der Waals surface area contributed by atoms with Crippen molar-refractivity contribution in [3.63, 3.8) is 0 Å². The fraction of sp³-hybridized carbons (Fsp3) is 0.333. The Kier molecular flexibility index (Phi) is 2.32. The first-order valence-corrected chi connectivity index (χ1v) is 6.20. The number of benzene rings is 1. The molecule has 0 aliphatic heterocycles. The minimum atomic E-state index is 0.615. The Morgan fingerprint density at radius 3 is 2.81 bits per heavy atom. The van der Waals surface area contributed by atoms with Crippen molar-refractivity contribution < 1.29 is 0 Å². The van der Waals surface area contributed by atoms with E-state index in [1.165, 1.54) is 18.4 Å². The summed E-state index contributed by atoms with van der Waals surface area (Å²) in [6.07, 6.45) is 4.33. The Morgan fingerprint density at radius 1 is 1.31 bits per heavy atom. The monoisotopic (exact) mass is 277 g/mol. The zero-order valence-corrected chi connectivity index (χ0v) is 10.6. The highest BCUT2D eigenvalue weighted by Crippen LogP contribution is 2.37. The third-order valence-corrected chi connectivity index (χ3v) is 3.27. The molecule has 1 aliphatic rings. The van der Waals surface area contributed by atoms with Gasteiger partial charge in [-0.05, 0) is 43.5 Å². The van der Waals surface area contributed by atoms with Gasteiger partial charge in [0.15, 0.2) is 5.82 Å². The Bertz CT molecular complexity index is 509. The maximum absolute atomic E-state index is 4.22. The Labute approximate surface area is 103 Å². The molecule has 3 rings (SSSR count). The molecule has 3 nitrogen and oxygen atoms in total.